The molecule has 1 amide bonds. The summed E-state index contributed by atoms with van der Waals surface area (Å²) in [6.45, 7) is 4.86. The van der Waals surface area contributed by atoms with Crippen molar-refractivity contribution in [3.05, 3.63) is 69.5 Å². The molecule has 0 saturated heterocycles. The Balaban J connectivity index is 1.28. The molecule has 2 aromatic heterocycles. The highest BCUT2D eigenvalue weighted by molar-refractivity contribution is 7.16. The molecular formula is C23H22F3N3O3S. The molecule has 2 aliphatic heterocycles. The minimum atomic E-state index is -4.43. The molecule has 2 aliphatic rings. The van der Waals surface area contributed by atoms with Crippen LogP contribution in [0.1, 0.15) is 51.0 Å². The van der Waals surface area contributed by atoms with Crippen LogP contribution in [-0.4, -0.2) is 23.9 Å². The highest BCUT2D eigenvalue weighted by Crippen LogP contribution is 2.41. The number of alkyl halides is 3. The molecule has 1 aromatic carbocycles. The van der Waals surface area contributed by atoms with Gasteiger partial charge in [0.2, 0.25) is 0 Å². The summed E-state index contributed by atoms with van der Waals surface area (Å²) in [5.74, 6) is 0.905. The van der Waals surface area contributed by atoms with E-state index in [0.29, 0.717) is 11.5 Å². The number of carbonyl (C=O) groups is 1. The number of furan rings is 1. The average molecular weight is 478 g/mol. The number of ether oxygens (including phenoxy) is 1. The van der Waals surface area contributed by atoms with Crippen molar-refractivity contribution >= 4 is 22.2 Å². The van der Waals surface area contributed by atoms with Crippen LogP contribution in [0.2, 0.25) is 0 Å². The number of nitrogens with one attached hydrogen (secondary N) is 2. The lowest BCUT2D eigenvalue weighted by molar-refractivity contribution is -0.137. The van der Waals surface area contributed by atoms with E-state index < -0.39 is 17.9 Å². The van der Waals surface area contributed by atoms with Gasteiger partial charge in [0.15, 0.2) is 6.17 Å². The summed E-state index contributed by atoms with van der Waals surface area (Å²) in [5, 5.41) is 7.14. The Bertz CT molecular complexity index is 1190. The fourth-order valence-corrected chi connectivity index (χ4v) is 5.44. The lowest BCUT2D eigenvalue weighted by Gasteiger charge is -2.27. The molecule has 0 spiro atoms. The minimum absolute atomic E-state index is 0.0343. The van der Waals surface area contributed by atoms with E-state index in [1.54, 1.807) is 23.5 Å². The number of fused-ring (bicyclic) bond motifs is 3. The molecule has 0 aliphatic carbocycles. The maximum Gasteiger partial charge on any atom is 0.416 e. The average Bonchev–Trinajstić information content (AvgIpc) is 3.41. The highest BCUT2D eigenvalue weighted by Gasteiger charge is 2.34. The molecule has 6 nitrogen and oxygen atoms in total. The van der Waals surface area contributed by atoms with Crippen LogP contribution in [-0.2, 0) is 25.7 Å². The van der Waals surface area contributed by atoms with Crippen LogP contribution in [0.4, 0.5) is 18.2 Å². The lowest BCUT2D eigenvalue weighted by Crippen LogP contribution is -2.38. The number of amides is 1. The first-order chi connectivity index (χ1) is 15.8. The van der Waals surface area contributed by atoms with Gasteiger partial charge in [-0.1, -0.05) is 13.0 Å². The summed E-state index contributed by atoms with van der Waals surface area (Å²) in [4.78, 5) is 16.4. The van der Waals surface area contributed by atoms with Crippen LogP contribution in [0.5, 0.6) is 5.75 Å². The van der Waals surface area contributed by atoms with E-state index in [0.717, 1.165) is 54.3 Å². The molecule has 4 heterocycles. The topological polar surface area (TPSA) is 66.7 Å². The first-order valence-corrected chi connectivity index (χ1v) is 11.5. The molecule has 0 bridgehead atoms. The fraction of sp³-hybridized carbons (Fsp3) is 0.348. The second-order valence-electron chi connectivity index (χ2n) is 8.00. The smallest absolute Gasteiger partial charge is 0.416 e. The molecule has 0 fully saturated rings. The normalized spacial score (nSPS) is 18.3. The van der Waals surface area contributed by atoms with E-state index in [1.807, 2.05) is 0 Å². The number of benzene rings is 1. The lowest BCUT2D eigenvalue weighted by atomic mass is 10.0. The van der Waals surface area contributed by atoms with Crippen LogP contribution in [0.15, 0.2) is 40.8 Å². The van der Waals surface area contributed by atoms with Crippen molar-refractivity contribution < 1.29 is 27.1 Å². The van der Waals surface area contributed by atoms with Gasteiger partial charge in [0.25, 0.3) is 5.91 Å². The number of likely N-dealkylation sites (N-methyl/N-ethyl adjacent to an activating group) is 1. The van der Waals surface area contributed by atoms with Crippen molar-refractivity contribution in [3.63, 3.8) is 0 Å². The molecule has 1 unspecified atom stereocenters. The predicted octanol–water partition coefficient (Wildman–Crippen LogP) is 5.17. The third-order valence-electron chi connectivity index (χ3n) is 5.87. The maximum atomic E-state index is 12.9. The molecule has 1 atom stereocenters. The van der Waals surface area contributed by atoms with Crippen LogP contribution in [0.25, 0.3) is 0 Å². The van der Waals surface area contributed by atoms with Crippen molar-refractivity contribution in [3.8, 4) is 5.75 Å². The van der Waals surface area contributed by atoms with Crippen molar-refractivity contribution in [1.82, 2.24) is 10.2 Å². The highest BCUT2D eigenvalue weighted by atomic mass is 32.1. The molecule has 3 aromatic rings. The number of hydrogen-bond acceptors (Lipinski definition) is 6. The van der Waals surface area contributed by atoms with Gasteiger partial charge < -0.3 is 19.8 Å². The third-order valence-corrected chi connectivity index (χ3v) is 7.02. The van der Waals surface area contributed by atoms with Crippen molar-refractivity contribution in [2.75, 3.05) is 18.4 Å². The summed E-state index contributed by atoms with van der Waals surface area (Å²) < 4.78 is 49.9. The second kappa shape index (κ2) is 8.42. The SMILES string of the molecule is CCN1CCc2c(sc3c2C(=O)NC(c2ccc(COc4cccc(C(F)(F)F)c4)o2)N3)C1. The number of thiophene rings is 1. The zero-order valence-electron chi connectivity index (χ0n) is 17.8. The third kappa shape index (κ3) is 4.32. The van der Waals surface area contributed by atoms with Gasteiger partial charge in [-0.25, -0.2) is 0 Å². The maximum absolute atomic E-state index is 12.9. The second-order valence-corrected chi connectivity index (χ2v) is 9.10. The zero-order valence-corrected chi connectivity index (χ0v) is 18.6. The molecular weight excluding hydrogens is 455 g/mol. The van der Waals surface area contributed by atoms with E-state index in [4.69, 9.17) is 9.15 Å². The Morgan fingerprint density at radius 3 is 2.88 bits per heavy atom. The van der Waals surface area contributed by atoms with Gasteiger partial charge in [0.1, 0.15) is 28.9 Å². The molecule has 0 saturated carbocycles. The molecule has 174 valence electrons. The van der Waals surface area contributed by atoms with Gasteiger partial charge in [0, 0.05) is 18.0 Å². The van der Waals surface area contributed by atoms with Gasteiger partial charge in [-0.15, -0.1) is 11.3 Å². The van der Waals surface area contributed by atoms with E-state index in [2.05, 4.69) is 22.5 Å². The fourth-order valence-electron chi connectivity index (χ4n) is 4.12. The first-order valence-electron chi connectivity index (χ1n) is 10.6. The van der Waals surface area contributed by atoms with Crippen molar-refractivity contribution in [2.24, 2.45) is 0 Å². The Morgan fingerprint density at radius 2 is 2.09 bits per heavy atom. The van der Waals surface area contributed by atoms with Gasteiger partial charge >= 0.3 is 6.18 Å². The number of carbonyl (C=O) groups excluding carboxylic acids is 1. The summed E-state index contributed by atoms with van der Waals surface area (Å²) >= 11 is 1.60. The Labute approximate surface area is 192 Å². The summed E-state index contributed by atoms with van der Waals surface area (Å²) in [6, 6.07) is 8.11. The number of rotatable bonds is 5. The molecule has 0 radical (unpaired) electrons. The van der Waals surface area contributed by atoms with Crippen LogP contribution in [0, 0.1) is 0 Å². The predicted molar refractivity (Wildman–Crippen MR) is 117 cm³/mol. The summed E-state index contributed by atoms with van der Waals surface area (Å²) in [7, 11) is 0. The number of nitrogens with zero attached hydrogens (tertiary/aromatic N) is 1. The Kier molecular flexibility index (Phi) is 5.57. The van der Waals surface area contributed by atoms with Gasteiger partial charge in [-0.2, -0.15) is 13.2 Å². The summed E-state index contributed by atoms with van der Waals surface area (Å²) in [5.41, 5.74) is 1.07. The minimum Gasteiger partial charge on any atom is -0.486 e. The van der Waals surface area contributed by atoms with Gasteiger partial charge in [-0.05, 0) is 48.9 Å². The van der Waals surface area contributed by atoms with E-state index in [9.17, 15) is 18.0 Å². The van der Waals surface area contributed by atoms with Gasteiger partial charge in [-0.3, -0.25) is 9.69 Å². The van der Waals surface area contributed by atoms with Crippen molar-refractivity contribution in [1.29, 1.82) is 0 Å². The Morgan fingerprint density at radius 1 is 1.24 bits per heavy atom. The molecule has 10 heteroatoms. The zero-order chi connectivity index (χ0) is 23.2. The molecule has 33 heavy (non-hydrogen) atoms. The summed E-state index contributed by atoms with van der Waals surface area (Å²) in [6.07, 6.45) is -4.11. The van der Waals surface area contributed by atoms with Gasteiger partial charge in [0.05, 0.1) is 11.1 Å². The van der Waals surface area contributed by atoms with E-state index in [1.165, 1.54) is 17.0 Å². The Hall–Kier alpha value is -2.98. The van der Waals surface area contributed by atoms with E-state index >= 15 is 0 Å². The number of anilines is 1. The number of halogens is 3. The monoisotopic (exact) mass is 477 g/mol. The van der Waals surface area contributed by atoms with E-state index in [-0.39, 0.29) is 18.3 Å². The van der Waals surface area contributed by atoms with Crippen molar-refractivity contribution in [2.45, 2.75) is 38.8 Å². The quantitative estimate of drug-likeness (QED) is 0.531. The molecule has 5 rings (SSSR count). The molecule has 2 N–H and O–H groups in total. The van der Waals surface area contributed by atoms with Crippen LogP contribution in [0.3, 0.4) is 0 Å². The standard InChI is InChI=1S/C23H22F3N3O3S/c1-2-29-9-8-16-18(11-29)33-22-19(16)21(30)27-20(28-22)17-7-6-15(32-17)12-31-14-5-3-4-13(10-14)23(24,25)26/h3-7,10,20,28H,2,8-9,11-12H2,1H3,(H,27,30). The number of hydrogen-bond donors (Lipinski definition) is 2. The van der Waals surface area contributed by atoms with Crippen LogP contribution < -0.4 is 15.4 Å². The van der Waals surface area contributed by atoms with Crippen LogP contribution >= 0.6 is 11.3 Å². The first kappa shape index (κ1) is 21.8. The largest absolute Gasteiger partial charge is 0.486 e.